The van der Waals surface area contributed by atoms with Gasteiger partial charge in [-0.1, -0.05) is 39.8 Å². The summed E-state index contributed by atoms with van der Waals surface area (Å²) in [6.45, 7) is 10.8. The van der Waals surface area contributed by atoms with Gasteiger partial charge in [0, 0.05) is 11.8 Å². The molecule has 2 saturated carbocycles. The number of carbonyl (C=O) groups is 2. The van der Waals surface area contributed by atoms with Crippen LogP contribution in [0.3, 0.4) is 0 Å². The van der Waals surface area contributed by atoms with Crippen molar-refractivity contribution in [3.63, 3.8) is 0 Å². The van der Waals surface area contributed by atoms with Crippen LogP contribution in [0.1, 0.15) is 52.4 Å². The van der Waals surface area contributed by atoms with Gasteiger partial charge >= 0.3 is 11.9 Å². The minimum atomic E-state index is -1.68. The predicted octanol–water partition coefficient (Wildman–Crippen LogP) is -1.87. The summed E-state index contributed by atoms with van der Waals surface area (Å²) in [7, 11) is 0. The van der Waals surface area contributed by atoms with Gasteiger partial charge in [0.1, 0.15) is 48.8 Å². The maximum Gasteiger partial charge on any atom is 0.337 e. The van der Waals surface area contributed by atoms with E-state index in [-0.39, 0.29) is 49.0 Å². The highest BCUT2D eigenvalue weighted by molar-refractivity contribution is 5.89. The summed E-state index contributed by atoms with van der Waals surface area (Å²) in [6, 6.07) is 0. The molecule has 2 saturated heterocycles. The molecule has 2 aliphatic carbocycles. The van der Waals surface area contributed by atoms with Crippen LogP contribution in [0.25, 0.3) is 0 Å². The fourth-order valence-electron chi connectivity index (χ4n) is 9.07. The molecule has 20 heteroatoms. The smallest absolute Gasteiger partial charge is 0.337 e. The summed E-state index contributed by atoms with van der Waals surface area (Å²) in [6.07, 6.45) is -14.0. The first kappa shape index (κ1) is 48.4. The van der Waals surface area contributed by atoms with E-state index in [9.17, 15) is 60.7 Å². The van der Waals surface area contributed by atoms with Crippen molar-refractivity contribution in [1.82, 2.24) is 0 Å². The van der Waals surface area contributed by atoms with Gasteiger partial charge in [0.25, 0.3) is 0 Å². The molecule has 6 aliphatic rings. The molecule has 0 aromatic rings. The Morgan fingerprint density at radius 3 is 1.52 bits per heavy atom. The van der Waals surface area contributed by atoms with E-state index < -0.39 is 135 Å². The van der Waals surface area contributed by atoms with Gasteiger partial charge in [0.15, 0.2) is 12.6 Å². The van der Waals surface area contributed by atoms with Gasteiger partial charge < -0.3 is 89.0 Å². The van der Waals surface area contributed by atoms with E-state index >= 15 is 0 Å². The molecule has 6 rings (SSSR count). The lowest BCUT2D eigenvalue weighted by atomic mass is 9.85. The summed E-state index contributed by atoms with van der Waals surface area (Å²) in [4.78, 5) is 26.5. The largest absolute Gasteiger partial charge is 0.471 e. The first-order chi connectivity index (χ1) is 29.5. The Bertz CT molecular complexity index is 1650. The lowest BCUT2D eigenvalue weighted by Crippen LogP contribution is -2.60. The average Bonchev–Trinajstić information content (AvgIpc) is 3.72. The Labute approximate surface area is 358 Å². The SMILES string of the molecule is C=C1[C@H]2[C@H](O[C@@H]3O[C@H](CO)[C@@H](O)[C@H](O)[C@H]3O)OC=C(C(=O)OCC[C@H](C)CCC[C@H](C)COC(=O)C3=CO[C@@H](O[C@@H]4O[C@H](CO)[C@@H](O)[C@H](O)[C@H]4O)[C@@H]4C(=C)[C@@H](O)C[C@H]34)[C@H]2C[C@@H]1O. The first-order valence-corrected chi connectivity index (χ1v) is 21.2. The molecule has 0 unspecified atom stereocenters. The lowest BCUT2D eigenvalue weighted by molar-refractivity contribution is -0.339. The third kappa shape index (κ3) is 10.2. The number of aliphatic hydroxyl groups is 10. The van der Waals surface area contributed by atoms with E-state index in [4.69, 9.17) is 37.9 Å². The molecule has 0 aromatic carbocycles. The third-order valence-corrected chi connectivity index (χ3v) is 13.0. The van der Waals surface area contributed by atoms with Gasteiger partial charge in [-0.05, 0) is 48.7 Å². The topological polar surface area (TPSA) is 310 Å². The maximum absolute atomic E-state index is 13.3. The molecule has 0 bridgehead atoms. The van der Waals surface area contributed by atoms with Gasteiger partial charge in [-0.25, -0.2) is 9.59 Å². The Kier molecular flexibility index (Phi) is 16.3. The number of esters is 2. The first-order valence-electron chi connectivity index (χ1n) is 21.2. The summed E-state index contributed by atoms with van der Waals surface area (Å²) in [5, 5.41) is 102. The Hall–Kier alpha value is -3.06. The number of hydrogen-bond acceptors (Lipinski definition) is 20. The second-order valence-electron chi connectivity index (χ2n) is 17.4. The van der Waals surface area contributed by atoms with Crippen LogP contribution >= 0.6 is 0 Å². The summed E-state index contributed by atoms with van der Waals surface area (Å²) < 4.78 is 45.3. The maximum atomic E-state index is 13.3. The van der Waals surface area contributed by atoms with Crippen molar-refractivity contribution in [3.05, 3.63) is 48.0 Å². The van der Waals surface area contributed by atoms with Crippen molar-refractivity contribution in [2.24, 2.45) is 35.5 Å². The zero-order valence-electron chi connectivity index (χ0n) is 34.7. The van der Waals surface area contributed by atoms with Crippen molar-refractivity contribution in [1.29, 1.82) is 0 Å². The highest BCUT2D eigenvalue weighted by atomic mass is 16.8. The monoisotopic (exact) mass is 886 g/mol. The van der Waals surface area contributed by atoms with Crippen LogP contribution in [0.4, 0.5) is 0 Å². The molecule has 4 heterocycles. The highest BCUT2D eigenvalue weighted by Gasteiger charge is 2.54. The summed E-state index contributed by atoms with van der Waals surface area (Å²) >= 11 is 0. The Morgan fingerprint density at radius 2 is 1.06 bits per heavy atom. The van der Waals surface area contributed by atoms with E-state index in [0.717, 1.165) is 19.3 Å². The standard InChI is InChI=1S/C42H62O20/c1-17(8-9-55-37(53)23-15-57-39(29-19(3)25(45)10-21(23)29)61-41-35(51)33(49)31(47)27(12-43)59-41)6-5-7-18(2)14-56-38(54)24-16-58-40(30-20(4)26(46)11-22(24)30)62-42-36(52)34(50)32(48)28(13-44)60-42/h15-18,21-22,25-36,39-52H,3-14H2,1-2H3/t17-,18+,21-,22-,25+,26+,27-,28-,29-,30-,31-,32-,33+,34+,35-,36-,39+,40+,41+,42+/m1/s1. The van der Waals surface area contributed by atoms with Crippen LogP contribution in [0.2, 0.25) is 0 Å². The van der Waals surface area contributed by atoms with Crippen LogP contribution in [0, 0.1) is 35.5 Å². The molecule has 20 atom stereocenters. The molecule has 10 N–H and O–H groups in total. The average molecular weight is 887 g/mol. The van der Waals surface area contributed by atoms with Crippen LogP contribution < -0.4 is 0 Å². The molecule has 62 heavy (non-hydrogen) atoms. The summed E-state index contributed by atoms with van der Waals surface area (Å²) in [5.74, 6) is -3.75. The van der Waals surface area contributed by atoms with Crippen LogP contribution in [0.15, 0.2) is 48.0 Å². The van der Waals surface area contributed by atoms with E-state index in [1.807, 2.05) is 13.8 Å². The number of aliphatic hydroxyl groups excluding tert-OH is 10. The highest BCUT2D eigenvalue weighted by Crippen LogP contribution is 2.48. The number of rotatable bonds is 17. The normalized spacial score (nSPS) is 41.5. The van der Waals surface area contributed by atoms with Crippen LogP contribution in [-0.4, -0.2) is 176 Å². The van der Waals surface area contributed by atoms with E-state index in [1.54, 1.807) is 0 Å². The molecule has 4 fully saturated rings. The predicted molar refractivity (Wildman–Crippen MR) is 208 cm³/mol. The van der Waals surface area contributed by atoms with E-state index in [2.05, 4.69) is 13.2 Å². The molecule has 0 radical (unpaired) electrons. The van der Waals surface area contributed by atoms with Crippen LogP contribution in [0.5, 0.6) is 0 Å². The molecule has 0 aromatic heterocycles. The Morgan fingerprint density at radius 1 is 0.629 bits per heavy atom. The minimum absolute atomic E-state index is 0.00695. The molecule has 20 nitrogen and oxygen atoms in total. The summed E-state index contributed by atoms with van der Waals surface area (Å²) in [5.41, 5.74) is 1.03. The number of fused-ring (bicyclic) bond motifs is 2. The zero-order valence-corrected chi connectivity index (χ0v) is 34.7. The van der Waals surface area contributed by atoms with Crippen LogP contribution in [-0.2, 0) is 47.5 Å². The zero-order chi connectivity index (χ0) is 45.2. The fraction of sp³-hybridized carbons (Fsp3) is 0.762. The van der Waals surface area contributed by atoms with Gasteiger partial charge in [-0.15, -0.1) is 0 Å². The van der Waals surface area contributed by atoms with Crippen molar-refractivity contribution < 1.29 is 98.5 Å². The molecular weight excluding hydrogens is 824 g/mol. The molecule has 0 spiro atoms. The second kappa shape index (κ2) is 20.8. The number of carbonyl (C=O) groups excluding carboxylic acids is 2. The quantitative estimate of drug-likeness (QED) is 0.0565. The van der Waals surface area contributed by atoms with Gasteiger partial charge in [0.2, 0.25) is 12.6 Å². The molecular formula is C42H62O20. The van der Waals surface area contributed by atoms with Crippen molar-refractivity contribution in [3.8, 4) is 0 Å². The fourth-order valence-corrected chi connectivity index (χ4v) is 9.07. The van der Waals surface area contributed by atoms with Gasteiger partial charge in [-0.3, -0.25) is 0 Å². The minimum Gasteiger partial charge on any atom is -0.471 e. The molecule has 350 valence electrons. The molecule has 4 aliphatic heterocycles. The van der Waals surface area contributed by atoms with Crippen molar-refractivity contribution in [2.45, 2.75) is 139 Å². The molecule has 0 amide bonds. The number of hydrogen-bond donors (Lipinski definition) is 10. The Balaban J connectivity index is 0.922. The van der Waals surface area contributed by atoms with E-state index in [0.29, 0.717) is 17.6 Å². The van der Waals surface area contributed by atoms with Crippen molar-refractivity contribution in [2.75, 3.05) is 26.4 Å². The number of ether oxygens (including phenoxy) is 8. The third-order valence-electron chi connectivity index (χ3n) is 13.0. The van der Waals surface area contributed by atoms with E-state index in [1.165, 1.54) is 12.5 Å². The van der Waals surface area contributed by atoms with Gasteiger partial charge in [0.05, 0.1) is 74.1 Å². The lowest BCUT2D eigenvalue weighted by Gasteiger charge is -2.42. The van der Waals surface area contributed by atoms with Gasteiger partial charge in [-0.2, -0.15) is 0 Å². The van der Waals surface area contributed by atoms with Crippen molar-refractivity contribution >= 4 is 11.9 Å². The second-order valence-corrected chi connectivity index (χ2v) is 17.4.